The zero-order chi connectivity index (χ0) is 27.0. The van der Waals surface area contributed by atoms with Gasteiger partial charge in [0.15, 0.2) is 0 Å². The maximum atomic E-state index is 12.9. The van der Waals surface area contributed by atoms with Crippen LogP contribution in [0.25, 0.3) is 0 Å². The Morgan fingerprint density at radius 3 is 2.38 bits per heavy atom. The lowest BCUT2D eigenvalue weighted by Crippen LogP contribution is -2.64. The molecule has 5 rings (SSSR count). The molecule has 0 radical (unpaired) electrons. The smallest absolute Gasteiger partial charge is 0.224 e. The Morgan fingerprint density at radius 1 is 0.949 bits per heavy atom. The Labute approximate surface area is 244 Å². The number of carbonyl (C=O) groups excluding carboxylic acids is 1. The summed E-state index contributed by atoms with van der Waals surface area (Å²) >= 11 is 11.9. The fourth-order valence-corrected chi connectivity index (χ4v) is 7.91. The summed E-state index contributed by atoms with van der Waals surface area (Å²) in [5.74, 6) is 2.73. The van der Waals surface area contributed by atoms with Crippen LogP contribution in [0.5, 0.6) is 0 Å². The number of benzene rings is 2. The van der Waals surface area contributed by atoms with Crippen LogP contribution < -0.4 is 10.2 Å². The van der Waals surface area contributed by atoms with Crippen molar-refractivity contribution in [1.82, 2.24) is 9.80 Å². The summed E-state index contributed by atoms with van der Waals surface area (Å²) in [6.07, 6.45) is 7.93. The molecule has 3 fully saturated rings. The van der Waals surface area contributed by atoms with Gasteiger partial charge in [-0.1, -0.05) is 30.3 Å². The summed E-state index contributed by atoms with van der Waals surface area (Å²) < 4.78 is 0. The quantitative estimate of drug-likeness (QED) is 0.297. The second kappa shape index (κ2) is 14.2. The molecule has 0 saturated carbocycles. The monoisotopic (exact) mass is 570 g/mol. The first-order valence-electron chi connectivity index (χ1n) is 14.9. The zero-order valence-electron chi connectivity index (χ0n) is 23.1. The molecule has 0 aromatic heterocycles. The lowest BCUT2D eigenvalue weighted by Gasteiger charge is -2.57. The molecule has 7 heteroatoms. The fourth-order valence-electron chi connectivity index (χ4n) is 7.50. The van der Waals surface area contributed by atoms with E-state index in [1.54, 1.807) is 0 Å². The highest BCUT2D eigenvalue weighted by atomic mass is 35.5. The molecular weight excluding hydrogens is 527 g/mol. The summed E-state index contributed by atoms with van der Waals surface area (Å²) in [4.78, 5) is 20.7. The number of amides is 1. The molecule has 5 nitrogen and oxygen atoms in total. The maximum Gasteiger partial charge on any atom is 0.224 e. The van der Waals surface area contributed by atoms with E-state index in [1.165, 1.54) is 50.9 Å². The molecule has 2 aromatic carbocycles. The number of anilines is 2. The number of rotatable bonds is 12. The number of hydrogen-bond donors (Lipinski definition) is 1. The molecule has 1 amide bonds. The SMILES string of the molecule is O=C(CCC[C@H]1[C@H]2CCCN3CCC[C@H](CN1Cc1ccccc1)[C@@H]23)Nc1ccc(N(CCCl)CCCl)cc1. The third kappa shape index (κ3) is 7.30. The van der Waals surface area contributed by atoms with Gasteiger partial charge in [-0.3, -0.25) is 14.6 Å². The topological polar surface area (TPSA) is 38.8 Å². The number of nitrogens with one attached hydrogen (secondary N) is 1. The lowest BCUT2D eigenvalue weighted by molar-refractivity contribution is -0.116. The Bertz CT molecular complexity index is 1030. The Balaban J connectivity index is 1.19. The van der Waals surface area contributed by atoms with Crippen LogP contribution in [0.2, 0.25) is 0 Å². The van der Waals surface area contributed by atoms with Crippen LogP contribution in [0.4, 0.5) is 11.4 Å². The van der Waals surface area contributed by atoms with E-state index in [9.17, 15) is 4.79 Å². The van der Waals surface area contributed by atoms with Gasteiger partial charge in [0.25, 0.3) is 0 Å². The van der Waals surface area contributed by atoms with Gasteiger partial charge in [0, 0.05) is 67.8 Å². The molecule has 2 aromatic rings. The third-order valence-corrected chi connectivity index (χ3v) is 9.47. The molecule has 0 bridgehead atoms. The molecule has 39 heavy (non-hydrogen) atoms. The summed E-state index contributed by atoms with van der Waals surface area (Å²) in [5, 5.41) is 3.12. The number of hydrogen-bond acceptors (Lipinski definition) is 4. The molecule has 1 N–H and O–H groups in total. The molecule has 3 heterocycles. The normalized spacial score (nSPS) is 25.2. The van der Waals surface area contributed by atoms with Gasteiger partial charge in [0.1, 0.15) is 0 Å². The second-order valence-electron chi connectivity index (χ2n) is 11.6. The first kappa shape index (κ1) is 28.7. The zero-order valence-corrected chi connectivity index (χ0v) is 24.6. The molecule has 212 valence electrons. The van der Waals surface area contributed by atoms with Gasteiger partial charge in [-0.05, 0) is 93.3 Å². The van der Waals surface area contributed by atoms with Crippen LogP contribution in [0.15, 0.2) is 54.6 Å². The minimum absolute atomic E-state index is 0.104. The van der Waals surface area contributed by atoms with Gasteiger partial charge < -0.3 is 10.2 Å². The van der Waals surface area contributed by atoms with Crippen molar-refractivity contribution in [2.75, 3.05) is 54.7 Å². The molecular formula is C32H44Cl2N4O. The average molecular weight is 572 g/mol. The molecule has 0 spiro atoms. The average Bonchev–Trinajstić information content (AvgIpc) is 2.96. The van der Waals surface area contributed by atoms with Crippen LogP contribution >= 0.6 is 23.2 Å². The van der Waals surface area contributed by atoms with Crippen LogP contribution in [0.3, 0.4) is 0 Å². The van der Waals surface area contributed by atoms with E-state index in [0.29, 0.717) is 24.2 Å². The summed E-state index contributed by atoms with van der Waals surface area (Å²) in [6.45, 7) is 6.28. The molecule has 3 aliphatic heterocycles. The van der Waals surface area contributed by atoms with E-state index >= 15 is 0 Å². The predicted octanol–water partition coefficient (Wildman–Crippen LogP) is 6.45. The number of piperidine rings is 3. The highest BCUT2D eigenvalue weighted by Crippen LogP contribution is 2.43. The van der Waals surface area contributed by atoms with Gasteiger partial charge in [-0.2, -0.15) is 0 Å². The first-order chi connectivity index (χ1) is 19.2. The lowest BCUT2D eigenvalue weighted by atomic mass is 9.69. The van der Waals surface area contributed by atoms with E-state index in [1.807, 2.05) is 24.3 Å². The van der Waals surface area contributed by atoms with Crippen molar-refractivity contribution in [2.24, 2.45) is 11.8 Å². The Hall–Kier alpha value is -1.79. The van der Waals surface area contributed by atoms with E-state index in [4.69, 9.17) is 23.2 Å². The molecule has 4 atom stereocenters. The van der Waals surface area contributed by atoms with Gasteiger partial charge >= 0.3 is 0 Å². The summed E-state index contributed by atoms with van der Waals surface area (Å²) in [5.41, 5.74) is 3.32. The number of carbonyl (C=O) groups is 1. The molecule has 3 aliphatic rings. The van der Waals surface area contributed by atoms with Gasteiger partial charge in [-0.15, -0.1) is 23.2 Å². The fraction of sp³-hybridized carbons (Fsp3) is 0.594. The highest BCUT2D eigenvalue weighted by molar-refractivity contribution is 6.18. The van der Waals surface area contributed by atoms with Crippen molar-refractivity contribution >= 4 is 40.5 Å². The van der Waals surface area contributed by atoms with E-state index in [0.717, 1.165) is 61.7 Å². The van der Waals surface area contributed by atoms with Gasteiger partial charge in [0.05, 0.1) is 0 Å². The van der Waals surface area contributed by atoms with Crippen molar-refractivity contribution in [3.05, 3.63) is 60.2 Å². The van der Waals surface area contributed by atoms with Gasteiger partial charge in [0.2, 0.25) is 5.91 Å². The molecule has 3 saturated heterocycles. The van der Waals surface area contributed by atoms with Gasteiger partial charge in [-0.25, -0.2) is 0 Å². The first-order valence-corrected chi connectivity index (χ1v) is 16.0. The number of likely N-dealkylation sites (tertiary alicyclic amines) is 1. The van der Waals surface area contributed by atoms with E-state index in [2.05, 4.69) is 50.3 Å². The number of nitrogens with zero attached hydrogens (tertiary/aromatic N) is 3. The van der Waals surface area contributed by atoms with E-state index in [-0.39, 0.29) is 5.91 Å². The Morgan fingerprint density at radius 2 is 1.67 bits per heavy atom. The van der Waals surface area contributed by atoms with Crippen LogP contribution in [-0.2, 0) is 11.3 Å². The highest BCUT2D eigenvalue weighted by Gasteiger charge is 2.48. The Kier molecular flexibility index (Phi) is 10.5. The molecule has 0 aliphatic carbocycles. The van der Waals surface area contributed by atoms with E-state index < -0.39 is 0 Å². The maximum absolute atomic E-state index is 12.9. The second-order valence-corrected chi connectivity index (χ2v) is 12.3. The van der Waals surface area contributed by atoms with Crippen molar-refractivity contribution < 1.29 is 4.79 Å². The number of alkyl halides is 2. The minimum atomic E-state index is 0.104. The molecule has 0 unspecified atom stereocenters. The largest absolute Gasteiger partial charge is 0.369 e. The summed E-state index contributed by atoms with van der Waals surface area (Å²) in [7, 11) is 0. The minimum Gasteiger partial charge on any atom is -0.369 e. The standard InChI is InChI=1S/C32H44Cl2N4O/c33-17-21-36(22-18-34)28-15-13-27(14-16-28)35-31(39)12-4-11-30-29-10-6-20-37-19-5-9-26(32(29)37)24-38(30)23-25-7-2-1-3-8-25/h1-3,7-8,13-16,26,29-30,32H,4-6,9-12,17-24H2,(H,35,39)/t26-,29-,30+,32+/m1/s1. The van der Waals surface area contributed by atoms with Crippen molar-refractivity contribution in [1.29, 1.82) is 0 Å². The van der Waals surface area contributed by atoms with Crippen LogP contribution in [-0.4, -0.2) is 72.3 Å². The summed E-state index contributed by atoms with van der Waals surface area (Å²) in [6, 6.07) is 20.3. The predicted molar refractivity (Wildman–Crippen MR) is 164 cm³/mol. The van der Waals surface area contributed by atoms with Crippen molar-refractivity contribution in [3.63, 3.8) is 0 Å². The van der Waals surface area contributed by atoms with Crippen molar-refractivity contribution in [2.45, 2.75) is 63.6 Å². The third-order valence-electron chi connectivity index (χ3n) is 9.14. The van der Waals surface area contributed by atoms with Crippen LogP contribution in [0, 0.1) is 11.8 Å². The van der Waals surface area contributed by atoms with Crippen LogP contribution in [0.1, 0.15) is 50.5 Å². The van der Waals surface area contributed by atoms with Crippen molar-refractivity contribution in [3.8, 4) is 0 Å². The number of halogens is 2.